The smallest absolute Gasteiger partial charge is 0.238 e. The van der Waals surface area contributed by atoms with Crippen molar-refractivity contribution < 1.29 is 19.2 Å². The Hall–Kier alpha value is -2.08. The summed E-state index contributed by atoms with van der Waals surface area (Å²) in [6.45, 7) is -0.107. The van der Waals surface area contributed by atoms with Crippen molar-refractivity contribution in [2.24, 2.45) is 28.9 Å². The Bertz CT molecular complexity index is 472. The Morgan fingerprint density at radius 2 is 1.52 bits per heavy atom. The highest BCUT2D eigenvalue weighted by Gasteiger charge is 2.25. The minimum absolute atomic E-state index is 0.0474. The summed E-state index contributed by atoms with van der Waals surface area (Å²) >= 11 is 0. The van der Waals surface area contributed by atoms with E-state index in [1.54, 1.807) is 0 Å². The molecule has 0 rings (SSSR count). The molecular weight excluding hydrogens is 330 g/mol. The van der Waals surface area contributed by atoms with Gasteiger partial charge in [-0.3, -0.25) is 19.2 Å². The number of Topliss-reactive ketones (excluding diaryl/α,β-unsaturated/α-hetero) is 1. The molecule has 0 aliphatic carbocycles. The maximum absolute atomic E-state index is 12.2. The van der Waals surface area contributed by atoms with Crippen molar-refractivity contribution in [2.45, 2.75) is 24.9 Å². The van der Waals surface area contributed by atoms with Crippen LogP contribution in [0.5, 0.6) is 0 Å². The molecule has 0 aromatic heterocycles. The molecule has 144 valence electrons. The number of carbonyl (C=O) groups excluding carboxylic acids is 4. The molecule has 11 heteroatoms. The van der Waals surface area contributed by atoms with E-state index in [9.17, 15) is 19.2 Å². The van der Waals surface area contributed by atoms with Gasteiger partial charge in [-0.25, -0.2) is 0 Å². The second kappa shape index (κ2) is 12.3. The highest BCUT2D eigenvalue weighted by atomic mass is 16.2. The van der Waals surface area contributed by atoms with Gasteiger partial charge in [0.25, 0.3) is 0 Å². The molecule has 0 aliphatic rings. The lowest BCUT2D eigenvalue weighted by Crippen LogP contribution is -2.49. The van der Waals surface area contributed by atoms with Gasteiger partial charge in [-0.05, 0) is 0 Å². The van der Waals surface area contributed by atoms with E-state index in [2.05, 4.69) is 16.0 Å². The van der Waals surface area contributed by atoms with E-state index in [0.29, 0.717) is 0 Å². The van der Waals surface area contributed by atoms with Crippen LogP contribution in [0.2, 0.25) is 0 Å². The summed E-state index contributed by atoms with van der Waals surface area (Å²) < 4.78 is 0. The van der Waals surface area contributed by atoms with Crippen LogP contribution < -0.4 is 38.9 Å². The minimum Gasteiger partial charge on any atom is -0.359 e. The highest BCUT2D eigenvalue weighted by molar-refractivity contribution is 5.90. The first kappa shape index (κ1) is 22.9. The van der Waals surface area contributed by atoms with E-state index in [4.69, 9.17) is 22.9 Å². The Morgan fingerprint density at radius 3 is 2.04 bits per heavy atom. The number of carbonyl (C=O) groups is 4. The molecule has 0 heterocycles. The van der Waals surface area contributed by atoms with Crippen LogP contribution >= 0.6 is 0 Å². The summed E-state index contributed by atoms with van der Waals surface area (Å²) in [5.74, 6) is -2.50. The van der Waals surface area contributed by atoms with Crippen LogP contribution in [0.3, 0.4) is 0 Å². The predicted molar refractivity (Wildman–Crippen MR) is 91.9 cm³/mol. The summed E-state index contributed by atoms with van der Waals surface area (Å²) in [5, 5.41) is 7.45. The van der Waals surface area contributed by atoms with Crippen molar-refractivity contribution in [1.29, 1.82) is 0 Å². The second-order valence-electron chi connectivity index (χ2n) is 5.51. The molecule has 11 N–H and O–H groups in total. The lowest BCUT2D eigenvalue weighted by Gasteiger charge is -2.19. The molecule has 3 atom stereocenters. The van der Waals surface area contributed by atoms with Crippen LogP contribution in [0, 0.1) is 5.92 Å². The Balaban J connectivity index is 4.75. The number of hydrogen-bond donors (Lipinski definition) is 7. The van der Waals surface area contributed by atoms with Crippen molar-refractivity contribution in [3.63, 3.8) is 0 Å². The number of hydrogen-bond acceptors (Lipinski definition) is 8. The lowest BCUT2D eigenvalue weighted by atomic mass is 9.97. The van der Waals surface area contributed by atoms with Crippen molar-refractivity contribution in [3.8, 4) is 0 Å². The fourth-order valence-corrected chi connectivity index (χ4v) is 1.81. The van der Waals surface area contributed by atoms with E-state index >= 15 is 0 Å². The number of amides is 3. The monoisotopic (exact) mass is 359 g/mol. The molecule has 3 unspecified atom stereocenters. The zero-order chi connectivity index (χ0) is 19.4. The van der Waals surface area contributed by atoms with Crippen LogP contribution in [-0.2, 0) is 19.2 Å². The van der Waals surface area contributed by atoms with Gasteiger partial charge in [-0.2, -0.15) is 0 Å². The van der Waals surface area contributed by atoms with E-state index in [-0.39, 0.29) is 44.9 Å². The van der Waals surface area contributed by atoms with Gasteiger partial charge in [0.2, 0.25) is 17.7 Å². The van der Waals surface area contributed by atoms with Gasteiger partial charge >= 0.3 is 0 Å². The maximum Gasteiger partial charge on any atom is 0.238 e. The first-order chi connectivity index (χ1) is 11.8. The molecule has 0 fully saturated rings. The molecule has 3 amide bonds. The first-order valence-corrected chi connectivity index (χ1v) is 7.96. The van der Waals surface area contributed by atoms with Crippen molar-refractivity contribution in [3.05, 3.63) is 0 Å². The molecule has 0 saturated heterocycles. The fraction of sp³-hybridized carbons (Fsp3) is 0.714. The molecule has 0 aromatic carbocycles. The maximum atomic E-state index is 12.2. The molecule has 0 bridgehead atoms. The van der Waals surface area contributed by atoms with E-state index in [1.165, 1.54) is 7.05 Å². The third kappa shape index (κ3) is 9.10. The summed E-state index contributed by atoms with van der Waals surface area (Å²) in [7, 11) is 1.48. The van der Waals surface area contributed by atoms with Crippen molar-refractivity contribution in [1.82, 2.24) is 16.0 Å². The third-order valence-electron chi connectivity index (χ3n) is 3.53. The average molecular weight is 359 g/mol. The summed E-state index contributed by atoms with van der Waals surface area (Å²) in [6.07, 6.45) is -0.0993. The number of ketones is 1. The highest BCUT2D eigenvalue weighted by Crippen LogP contribution is 2.05. The quantitative estimate of drug-likeness (QED) is 0.180. The molecule has 25 heavy (non-hydrogen) atoms. The van der Waals surface area contributed by atoms with Gasteiger partial charge in [-0.15, -0.1) is 0 Å². The fourth-order valence-electron chi connectivity index (χ4n) is 1.81. The van der Waals surface area contributed by atoms with E-state index in [0.717, 1.165) is 0 Å². The molecule has 0 radical (unpaired) electrons. The van der Waals surface area contributed by atoms with Crippen LogP contribution in [-0.4, -0.2) is 68.8 Å². The Labute approximate surface area is 146 Å². The second-order valence-corrected chi connectivity index (χ2v) is 5.51. The summed E-state index contributed by atoms with van der Waals surface area (Å²) in [6, 6.07) is -1.79. The molecule has 0 saturated carbocycles. The van der Waals surface area contributed by atoms with E-state index < -0.39 is 35.6 Å². The Kier molecular flexibility index (Phi) is 11.3. The first-order valence-electron chi connectivity index (χ1n) is 7.96. The third-order valence-corrected chi connectivity index (χ3v) is 3.53. The van der Waals surface area contributed by atoms with E-state index in [1.807, 2.05) is 0 Å². The van der Waals surface area contributed by atoms with Gasteiger partial charge in [-0.1, -0.05) is 0 Å². The SMILES string of the molecule is CNC(=O)CCNC(=O)C(CNC(=O)C(N)CN)CC(=O)C(N)CN. The topological polar surface area (TPSA) is 208 Å². The van der Waals surface area contributed by atoms with Gasteiger partial charge < -0.3 is 38.9 Å². The number of nitrogens with two attached hydrogens (primary N) is 4. The van der Waals surface area contributed by atoms with Crippen LogP contribution in [0.4, 0.5) is 0 Å². The van der Waals surface area contributed by atoms with Gasteiger partial charge in [0.15, 0.2) is 5.78 Å². The Morgan fingerprint density at radius 1 is 0.920 bits per heavy atom. The summed E-state index contributed by atoms with van der Waals surface area (Å²) in [4.78, 5) is 47.0. The van der Waals surface area contributed by atoms with Crippen molar-refractivity contribution >= 4 is 23.5 Å². The average Bonchev–Trinajstić information content (AvgIpc) is 2.62. The lowest BCUT2D eigenvalue weighted by molar-refractivity contribution is -0.130. The molecule has 0 aromatic rings. The van der Waals surface area contributed by atoms with Crippen LogP contribution in [0.15, 0.2) is 0 Å². The molecule has 11 nitrogen and oxygen atoms in total. The van der Waals surface area contributed by atoms with Gasteiger partial charge in [0.05, 0.1) is 18.0 Å². The zero-order valence-electron chi connectivity index (χ0n) is 14.4. The number of rotatable bonds is 12. The molecule has 0 spiro atoms. The van der Waals surface area contributed by atoms with Crippen LogP contribution in [0.1, 0.15) is 12.8 Å². The van der Waals surface area contributed by atoms with Crippen LogP contribution in [0.25, 0.3) is 0 Å². The summed E-state index contributed by atoms with van der Waals surface area (Å²) in [5.41, 5.74) is 21.7. The minimum atomic E-state index is -0.904. The van der Waals surface area contributed by atoms with Crippen molar-refractivity contribution in [2.75, 3.05) is 33.2 Å². The molecule has 0 aliphatic heterocycles. The zero-order valence-corrected chi connectivity index (χ0v) is 14.4. The predicted octanol–water partition coefficient (Wildman–Crippen LogP) is -4.50. The molecular formula is C14H29N7O4. The standard InChI is InChI=1S/C14H29N7O4/c1-19-12(23)2-3-20-13(24)8(4-11(22)9(17)5-15)7-21-14(25)10(18)6-16/h8-10H,2-7,15-18H2,1H3,(H,19,23)(H,20,24)(H,21,25). The largest absolute Gasteiger partial charge is 0.359 e. The van der Waals surface area contributed by atoms with Gasteiger partial charge in [0.1, 0.15) is 0 Å². The number of nitrogens with one attached hydrogen (secondary N) is 3. The van der Waals surface area contributed by atoms with Gasteiger partial charge in [0, 0.05) is 46.1 Å². The normalized spacial score (nSPS) is 14.1.